The number of pyridine rings is 1. The van der Waals surface area contributed by atoms with Crippen LogP contribution in [0.2, 0.25) is 0 Å². The van der Waals surface area contributed by atoms with Gasteiger partial charge < -0.3 is 34.3 Å². The van der Waals surface area contributed by atoms with Gasteiger partial charge >= 0.3 is 0 Å². The Morgan fingerprint density at radius 1 is 0.896 bits per heavy atom. The lowest BCUT2D eigenvalue weighted by atomic mass is 10.0. The zero-order valence-corrected chi connectivity index (χ0v) is 37.6. The van der Waals surface area contributed by atoms with E-state index in [0.29, 0.717) is 75.3 Å². The number of methoxy groups -OCH3 is 1. The van der Waals surface area contributed by atoms with Crippen LogP contribution in [0.25, 0.3) is 21.8 Å². The Bertz CT molecular complexity index is 3030. The number of anilines is 2. The number of rotatable bonds is 17. The van der Waals surface area contributed by atoms with Gasteiger partial charge in [0.15, 0.2) is 23.1 Å². The number of aryl methyl sites for hydroxylation is 2. The third-order valence-corrected chi connectivity index (χ3v) is 12.3. The van der Waals surface area contributed by atoms with Gasteiger partial charge in [0.05, 0.1) is 30.1 Å². The molecule has 0 radical (unpaired) electrons. The lowest BCUT2D eigenvalue weighted by molar-refractivity contribution is -0.137. The molecule has 8 rings (SSSR count). The average molecular weight is 912 g/mol. The largest absolute Gasteiger partial charge is 0.493 e. The second-order valence-corrected chi connectivity index (χ2v) is 16.6. The van der Waals surface area contributed by atoms with Crippen LogP contribution in [-0.4, -0.2) is 68.7 Å². The number of nitrogens with zero attached hydrogens (tertiary/aromatic N) is 4. The molecule has 1 atom stereocenters. The first kappa shape index (κ1) is 45.9. The number of amides is 5. The number of unbranched alkanes of at least 4 members (excludes halogenated alkanes) is 4. The minimum absolute atomic E-state index is 0.0254. The van der Waals surface area contributed by atoms with Crippen molar-refractivity contribution >= 4 is 62.7 Å². The van der Waals surface area contributed by atoms with Crippen molar-refractivity contribution in [1.29, 1.82) is 0 Å². The summed E-state index contributed by atoms with van der Waals surface area (Å²) in [5, 5.41) is 8.78. The van der Waals surface area contributed by atoms with E-state index in [9.17, 15) is 28.8 Å². The van der Waals surface area contributed by atoms with E-state index in [1.807, 2.05) is 19.1 Å². The number of aromatic nitrogens is 3. The van der Waals surface area contributed by atoms with Crippen molar-refractivity contribution in [2.75, 3.05) is 24.4 Å². The minimum Gasteiger partial charge on any atom is -0.493 e. The lowest BCUT2D eigenvalue weighted by Gasteiger charge is -2.29. The first-order valence-corrected chi connectivity index (χ1v) is 22.3. The van der Waals surface area contributed by atoms with E-state index in [1.54, 1.807) is 54.9 Å². The number of ether oxygens (including phenoxy) is 3. The predicted octanol–water partition coefficient (Wildman–Crippen LogP) is 7.66. The molecule has 3 N–H and O–H groups in total. The molecule has 4 heterocycles. The van der Waals surface area contributed by atoms with Gasteiger partial charge in [-0.1, -0.05) is 38.3 Å². The van der Waals surface area contributed by atoms with Crippen molar-refractivity contribution in [2.45, 2.75) is 84.2 Å². The summed E-state index contributed by atoms with van der Waals surface area (Å²) in [5.41, 5.74) is 3.98. The topological polar surface area (TPSA) is 200 Å². The third-order valence-electron chi connectivity index (χ3n) is 12.3. The number of halogens is 1. The molecule has 0 saturated carbocycles. The highest BCUT2D eigenvalue weighted by atomic mass is 19.1. The van der Waals surface area contributed by atoms with Crippen molar-refractivity contribution in [3.8, 4) is 23.1 Å². The lowest BCUT2D eigenvalue weighted by Crippen LogP contribution is -2.52. The fraction of sp³-hybridized carbons (Fsp3) is 0.320. The summed E-state index contributed by atoms with van der Waals surface area (Å²) >= 11 is 0. The fourth-order valence-electron chi connectivity index (χ4n) is 8.56. The fourth-order valence-corrected chi connectivity index (χ4v) is 8.56. The maximum atomic E-state index is 15.6. The highest BCUT2D eigenvalue weighted by molar-refractivity contribution is 6.08. The zero-order valence-electron chi connectivity index (χ0n) is 37.6. The van der Waals surface area contributed by atoms with E-state index in [-0.39, 0.29) is 60.0 Å². The Morgan fingerprint density at radius 2 is 1.70 bits per heavy atom. The average Bonchev–Trinajstić information content (AvgIpc) is 3.65. The van der Waals surface area contributed by atoms with Gasteiger partial charge in [-0.05, 0) is 80.6 Å². The molecule has 67 heavy (non-hydrogen) atoms. The number of carbonyl (C=O) groups is 5. The molecule has 0 bridgehead atoms. The van der Waals surface area contributed by atoms with Crippen LogP contribution in [0.1, 0.15) is 95.8 Å². The van der Waals surface area contributed by atoms with Crippen LogP contribution >= 0.6 is 0 Å². The quantitative estimate of drug-likeness (QED) is 0.0599. The summed E-state index contributed by atoms with van der Waals surface area (Å²) in [5.74, 6) is -1.95. The summed E-state index contributed by atoms with van der Waals surface area (Å²) in [4.78, 5) is 87.1. The Labute approximate surface area is 384 Å². The molecule has 0 aliphatic carbocycles. The second kappa shape index (κ2) is 19.8. The summed E-state index contributed by atoms with van der Waals surface area (Å²) in [6.45, 7) is 4.26. The number of hydrogen-bond acceptors (Lipinski definition) is 11. The van der Waals surface area contributed by atoms with Gasteiger partial charge in [0.2, 0.25) is 29.0 Å². The standard InChI is InChI=1S/C50H50FN7O9/c1-5-29-15-17-38-33(22-29)46(61)45(28(2)57(38)3)48(63)54-30-16-19-40(35(51)23-30)67-49-32-24-41(65-4)42(25-37(32)52-27-53-49)66-21-10-8-6-7-9-14-43(59)55-36-13-11-12-31-34(36)26-58(50(31)64)39-18-20-44(60)56-47(39)62/h11-13,15-17,19,22-25,27,39H,5-10,14,18,20-21,26H2,1-4H3,(H,54,63)(H,55,59)(H,56,60,62). The smallest absolute Gasteiger partial charge is 0.261 e. The van der Waals surface area contributed by atoms with Crippen molar-refractivity contribution in [3.63, 3.8) is 0 Å². The Hall–Kier alpha value is -7.69. The van der Waals surface area contributed by atoms with Gasteiger partial charge in [-0.25, -0.2) is 14.4 Å². The molecule has 1 unspecified atom stereocenters. The molecule has 2 aromatic heterocycles. The van der Waals surface area contributed by atoms with Crippen molar-refractivity contribution in [1.82, 2.24) is 24.8 Å². The van der Waals surface area contributed by atoms with Crippen LogP contribution in [0.3, 0.4) is 0 Å². The molecule has 1 fully saturated rings. The Kier molecular flexibility index (Phi) is 13.6. The van der Waals surface area contributed by atoms with E-state index in [2.05, 4.69) is 25.9 Å². The highest BCUT2D eigenvalue weighted by Gasteiger charge is 2.40. The Balaban J connectivity index is 0.809. The summed E-state index contributed by atoms with van der Waals surface area (Å²) in [6, 6.07) is 17.3. The summed E-state index contributed by atoms with van der Waals surface area (Å²) < 4.78 is 35.0. The van der Waals surface area contributed by atoms with E-state index in [1.165, 1.54) is 30.5 Å². The van der Waals surface area contributed by atoms with Crippen LogP contribution in [0.5, 0.6) is 23.1 Å². The SMILES string of the molecule is CCc1ccc2c(c1)c(=O)c(C(=O)Nc1ccc(Oc3ncnc4cc(OCCCCCCCC(=O)Nc5cccc6c5CN(C5CCC(=O)NC5=O)C6=O)c(OC)cc34)c(F)c1)c(C)n2C. The number of carbonyl (C=O) groups excluding carboxylic acids is 5. The van der Waals surface area contributed by atoms with Crippen LogP contribution in [0, 0.1) is 12.7 Å². The van der Waals surface area contributed by atoms with Crippen LogP contribution in [0.15, 0.2) is 77.9 Å². The number of piperidine rings is 1. The first-order valence-electron chi connectivity index (χ1n) is 22.3. The van der Waals surface area contributed by atoms with Crippen molar-refractivity contribution < 1.29 is 42.6 Å². The van der Waals surface area contributed by atoms with E-state index in [0.717, 1.165) is 43.7 Å². The van der Waals surface area contributed by atoms with Crippen LogP contribution in [0.4, 0.5) is 15.8 Å². The third kappa shape index (κ3) is 9.67. The molecule has 17 heteroatoms. The zero-order chi connectivity index (χ0) is 47.4. The number of benzene rings is 4. The van der Waals surface area contributed by atoms with E-state index >= 15 is 4.39 Å². The number of imide groups is 1. The molecule has 5 amide bonds. The maximum Gasteiger partial charge on any atom is 0.261 e. The molecular formula is C50H50FN7O9. The molecule has 2 aliphatic rings. The molecule has 0 spiro atoms. The van der Waals surface area contributed by atoms with Crippen LogP contribution < -0.4 is 35.6 Å². The molecule has 2 aliphatic heterocycles. The summed E-state index contributed by atoms with van der Waals surface area (Å²) in [7, 11) is 3.29. The monoisotopic (exact) mass is 911 g/mol. The van der Waals surface area contributed by atoms with E-state index < -0.39 is 29.1 Å². The number of nitrogens with one attached hydrogen (secondary N) is 3. The van der Waals surface area contributed by atoms with Gasteiger partial charge in [-0.15, -0.1) is 0 Å². The van der Waals surface area contributed by atoms with Crippen molar-refractivity contribution in [3.05, 3.63) is 117 Å². The normalized spacial score (nSPS) is 14.6. The molecule has 16 nitrogen and oxygen atoms in total. The Morgan fingerprint density at radius 3 is 2.48 bits per heavy atom. The number of hydrogen-bond donors (Lipinski definition) is 3. The molecule has 4 aromatic carbocycles. The molecule has 346 valence electrons. The van der Waals surface area contributed by atoms with E-state index in [4.69, 9.17) is 14.2 Å². The molecule has 6 aromatic rings. The molecular weight excluding hydrogens is 862 g/mol. The number of fused-ring (bicyclic) bond motifs is 3. The summed E-state index contributed by atoms with van der Waals surface area (Å²) in [6.07, 6.45) is 6.73. The first-order chi connectivity index (χ1) is 32.3. The van der Waals surface area contributed by atoms with Gasteiger partial charge in [-0.3, -0.25) is 34.1 Å². The van der Waals surface area contributed by atoms with Gasteiger partial charge in [0.25, 0.3) is 11.8 Å². The maximum absolute atomic E-state index is 15.6. The van der Waals surface area contributed by atoms with Gasteiger partial charge in [0, 0.05) is 72.1 Å². The van der Waals surface area contributed by atoms with Gasteiger partial charge in [0.1, 0.15) is 17.9 Å². The second-order valence-electron chi connectivity index (χ2n) is 16.6. The van der Waals surface area contributed by atoms with Crippen LogP contribution in [-0.2, 0) is 34.4 Å². The predicted molar refractivity (Wildman–Crippen MR) is 248 cm³/mol. The molecule has 1 saturated heterocycles. The minimum atomic E-state index is -0.772. The highest BCUT2D eigenvalue weighted by Crippen LogP contribution is 2.37. The van der Waals surface area contributed by atoms with Crippen molar-refractivity contribution in [2.24, 2.45) is 7.05 Å². The van der Waals surface area contributed by atoms with Gasteiger partial charge in [-0.2, -0.15) is 0 Å².